The fraction of sp³-hybridized carbons (Fsp3) is 0.742. The monoisotopic (exact) mass is 533 g/mol. The molecule has 0 aromatic heterocycles. The number of rotatable bonds is 13. The summed E-state index contributed by atoms with van der Waals surface area (Å²) >= 11 is 0. The van der Waals surface area contributed by atoms with Crippen LogP contribution in [-0.4, -0.2) is 62.9 Å². The van der Waals surface area contributed by atoms with E-state index in [1.807, 2.05) is 29.9 Å². The average Bonchev–Trinajstić information content (AvgIpc) is 3.04. The number of fused-ring (bicyclic) bond motifs is 2. The van der Waals surface area contributed by atoms with E-state index in [2.05, 4.69) is 34.6 Å². The molecule has 0 saturated heterocycles. The van der Waals surface area contributed by atoms with Crippen LogP contribution in [0.1, 0.15) is 78.7 Å². The van der Waals surface area contributed by atoms with Gasteiger partial charge in [-0.2, -0.15) is 0 Å². The van der Waals surface area contributed by atoms with E-state index in [1.165, 1.54) is 6.42 Å². The number of methoxy groups -OCH3 is 2. The highest BCUT2D eigenvalue weighted by atomic mass is 16.5. The van der Waals surface area contributed by atoms with E-state index in [0.717, 1.165) is 37.7 Å². The molecule has 2 fully saturated rings. The fourth-order valence-electron chi connectivity index (χ4n) is 7.32. The molecule has 7 heteroatoms. The van der Waals surface area contributed by atoms with Crippen molar-refractivity contribution in [3.8, 4) is 11.5 Å². The SMILES string of the molecule is C=O.CCC12CCC(CCC1N(CO)C(=O)[C@H](Cc1ccc(OC)c(OCCCOC)c1)C(C)C)C2(C)C. The predicted octanol–water partition coefficient (Wildman–Crippen LogP) is 5.51. The Morgan fingerprint density at radius 2 is 1.84 bits per heavy atom. The van der Waals surface area contributed by atoms with Gasteiger partial charge in [-0.05, 0) is 78.9 Å². The molecule has 3 rings (SSSR count). The first-order valence-electron chi connectivity index (χ1n) is 14.2. The Bertz CT molecular complexity index is 887. The van der Waals surface area contributed by atoms with Gasteiger partial charge in [0.1, 0.15) is 13.5 Å². The Morgan fingerprint density at radius 1 is 1.13 bits per heavy atom. The predicted molar refractivity (Wildman–Crippen MR) is 150 cm³/mol. The summed E-state index contributed by atoms with van der Waals surface area (Å²) in [5.41, 5.74) is 1.29. The van der Waals surface area contributed by atoms with E-state index < -0.39 is 0 Å². The normalized spacial score (nSPS) is 24.3. The average molecular weight is 534 g/mol. The fourth-order valence-corrected chi connectivity index (χ4v) is 7.32. The largest absolute Gasteiger partial charge is 0.493 e. The smallest absolute Gasteiger partial charge is 0.228 e. The molecular formula is C31H51NO6. The molecule has 1 N–H and O–H groups in total. The number of benzene rings is 1. The zero-order valence-corrected chi connectivity index (χ0v) is 24.8. The molecule has 2 aliphatic rings. The maximum Gasteiger partial charge on any atom is 0.228 e. The summed E-state index contributed by atoms with van der Waals surface area (Å²) in [5.74, 6) is 2.09. The molecule has 2 saturated carbocycles. The summed E-state index contributed by atoms with van der Waals surface area (Å²) in [6.07, 6.45) is 6.93. The van der Waals surface area contributed by atoms with Crippen LogP contribution in [-0.2, 0) is 20.7 Å². The highest BCUT2D eigenvalue weighted by molar-refractivity contribution is 5.80. The number of carbonyl (C=O) groups is 2. The first-order valence-corrected chi connectivity index (χ1v) is 14.2. The van der Waals surface area contributed by atoms with Crippen molar-refractivity contribution in [1.82, 2.24) is 4.90 Å². The molecule has 216 valence electrons. The number of carbonyl (C=O) groups excluding carboxylic acids is 2. The third-order valence-electron chi connectivity index (χ3n) is 9.67. The Hall–Kier alpha value is -2.12. The van der Waals surface area contributed by atoms with Gasteiger partial charge in [0, 0.05) is 32.1 Å². The number of ether oxygens (including phenoxy) is 3. The lowest BCUT2D eigenvalue weighted by molar-refractivity contribution is -0.156. The molecule has 1 aromatic rings. The molecule has 0 spiro atoms. The second kappa shape index (κ2) is 14.3. The second-order valence-corrected chi connectivity index (χ2v) is 11.7. The molecular weight excluding hydrogens is 482 g/mol. The maximum atomic E-state index is 14.1. The van der Waals surface area contributed by atoms with Gasteiger partial charge in [-0.3, -0.25) is 4.79 Å². The van der Waals surface area contributed by atoms with Gasteiger partial charge in [-0.1, -0.05) is 40.7 Å². The van der Waals surface area contributed by atoms with Crippen LogP contribution in [0.5, 0.6) is 11.5 Å². The number of aliphatic hydroxyl groups excluding tert-OH is 1. The van der Waals surface area contributed by atoms with Crippen molar-refractivity contribution in [2.45, 2.75) is 85.6 Å². The highest BCUT2D eigenvalue weighted by Gasteiger charge is 2.61. The zero-order valence-electron chi connectivity index (χ0n) is 24.8. The van der Waals surface area contributed by atoms with Crippen LogP contribution in [0.15, 0.2) is 18.2 Å². The number of nitrogens with zero attached hydrogens (tertiary/aromatic N) is 1. The van der Waals surface area contributed by atoms with Crippen molar-refractivity contribution in [2.75, 3.05) is 34.2 Å². The van der Waals surface area contributed by atoms with E-state index in [0.29, 0.717) is 37.1 Å². The van der Waals surface area contributed by atoms with Crippen LogP contribution in [0.4, 0.5) is 0 Å². The highest BCUT2D eigenvalue weighted by Crippen LogP contribution is 2.65. The first-order chi connectivity index (χ1) is 18.2. The molecule has 38 heavy (non-hydrogen) atoms. The summed E-state index contributed by atoms with van der Waals surface area (Å²) in [6, 6.07) is 6.02. The molecule has 7 nitrogen and oxygen atoms in total. The lowest BCUT2D eigenvalue weighted by Crippen LogP contribution is -2.59. The van der Waals surface area contributed by atoms with Crippen molar-refractivity contribution >= 4 is 12.7 Å². The Balaban J connectivity index is 0.00000247. The molecule has 0 heterocycles. The summed E-state index contributed by atoms with van der Waals surface area (Å²) in [7, 11) is 3.32. The topological polar surface area (TPSA) is 85.3 Å². The number of aliphatic hydroxyl groups is 1. The van der Waals surface area contributed by atoms with E-state index in [-0.39, 0.29) is 41.3 Å². The van der Waals surface area contributed by atoms with Gasteiger partial charge < -0.3 is 29.0 Å². The summed E-state index contributed by atoms with van der Waals surface area (Å²) in [6.45, 7) is 14.2. The van der Waals surface area contributed by atoms with Crippen LogP contribution >= 0.6 is 0 Å². The van der Waals surface area contributed by atoms with Crippen molar-refractivity contribution in [3.63, 3.8) is 0 Å². The van der Waals surface area contributed by atoms with Gasteiger partial charge in [0.2, 0.25) is 5.91 Å². The molecule has 0 aliphatic heterocycles. The zero-order chi connectivity index (χ0) is 28.5. The van der Waals surface area contributed by atoms with Crippen LogP contribution in [0.25, 0.3) is 0 Å². The minimum atomic E-state index is -0.219. The van der Waals surface area contributed by atoms with Gasteiger partial charge in [0.05, 0.1) is 13.7 Å². The van der Waals surface area contributed by atoms with Crippen molar-refractivity contribution < 1.29 is 28.9 Å². The number of hydrogen-bond acceptors (Lipinski definition) is 6. The standard InChI is InChI=1S/C30H49NO5.CH2O/c1-8-30-15-14-23(29(30,4)5)11-13-27(30)31(20-32)28(33)24(21(2)3)18-22-10-12-25(35-7)26(19-22)36-17-9-16-34-6;1-2/h10,12,19,21,23-24,27,32H,8-9,11,13-18,20H2,1-7H3;1H2/t23?,24-,27?,30?;/m1./s1. The van der Waals surface area contributed by atoms with Crippen LogP contribution in [0.2, 0.25) is 0 Å². The van der Waals surface area contributed by atoms with E-state index in [4.69, 9.17) is 19.0 Å². The van der Waals surface area contributed by atoms with Crippen LogP contribution in [0.3, 0.4) is 0 Å². The lowest BCUT2D eigenvalue weighted by Gasteiger charge is -2.56. The van der Waals surface area contributed by atoms with Crippen LogP contribution < -0.4 is 9.47 Å². The Kier molecular flexibility index (Phi) is 12.1. The number of hydrogen-bond donors (Lipinski definition) is 1. The number of amides is 1. The van der Waals surface area contributed by atoms with Gasteiger partial charge in [0.25, 0.3) is 0 Å². The third kappa shape index (κ3) is 6.36. The molecule has 3 unspecified atom stereocenters. The minimum Gasteiger partial charge on any atom is -0.493 e. The molecule has 1 amide bonds. The van der Waals surface area contributed by atoms with Crippen molar-refractivity contribution in [2.24, 2.45) is 28.6 Å². The Morgan fingerprint density at radius 3 is 2.42 bits per heavy atom. The molecule has 2 bridgehead atoms. The third-order valence-corrected chi connectivity index (χ3v) is 9.67. The molecule has 2 aliphatic carbocycles. The van der Waals surface area contributed by atoms with Crippen molar-refractivity contribution in [3.05, 3.63) is 23.8 Å². The van der Waals surface area contributed by atoms with Crippen LogP contribution in [0, 0.1) is 28.6 Å². The second-order valence-electron chi connectivity index (χ2n) is 11.7. The first kappa shape index (κ1) is 32.1. The van der Waals surface area contributed by atoms with Gasteiger partial charge in [0.15, 0.2) is 11.5 Å². The summed E-state index contributed by atoms with van der Waals surface area (Å²) in [4.78, 5) is 23.9. The quantitative estimate of drug-likeness (QED) is 0.266. The van der Waals surface area contributed by atoms with E-state index in [1.54, 1.807) is 14.2 Å². The Labute approximate surface area is 230 Å². The lowest BCUT2D eigenvalue weighted by atomic mass is 9.54. The van der Waals surface area contributed by atoms with Gasteiger partial charge in [-0.25, -0.2) is 0 Å². The minimum absolute atomic E-state index is 0.0686. The van der Waals surface area contributed by atoms with E-state index >= 15 is 0 Å². The summed E-state index contributed by atoms with van der Waals surface area (Å²) < 4.78 is 16.6. The molecule has 4 atom stereocenters. The van der Waals surface area contributed by atoms with Gasteiger partial charge >= 0.3 is 0 Å². The van der Waals surface area contributed by atoms with E-state index in [9.17, 15) is 9.90 Å². The molecule has 1 aromatic carbocycles. The summed E-state index contributed by atoms with van der Waals surface area (Å²) in [5, 5.41) is 10.6. The molecule has 0 radical (unpaired) electrons. The van der Waals surface area contributed by atoms with Crippen molar-refractivity contribution in [1.29, 1.82) is 0 Å². The maximum absolute atomic E-state index is 14.1. The van der Waals surface area contributed by atoms with Gasteiger partial charge in [-0.15, -0.1) is 0 Å².